The maximum Gasteiger partial charge on any atom is 0.229 e. The lowest BCUT2D eigenvalue weighted by Gasteiger charge is -2.35. The zero-order valence-corrected chi connectivity index (χ0v) is 13.2. The summed E-state index contributed by atoms with van der Waals surface area (Å²) in [6.45, 7) is 8.48. The number of rotatable bonds is 4. The van der Waals surface area contributed by atoms with Gasteiger partial charge in [-0.05, 0) is 12.3 Å². The van der Waals surface area contributed by atoms with Gasteiger partial charge in [-0.15, -0.1) is 22.9 Å². The van der Waals surface area contributed by atoms with E-state index in [-0.39, 0.29) is 17.4 Å². The van der Waals surface area contributed by atoms with Crippen molar-refractivity contribution in [1.29, 1.82) is 0 Å². The highest BCUT2D eigenvalue weighted by molar-refractivity contribution is 7.09. The fourth-order valence-electron chi connectivity index (χ4n) is 1.54. The van der Waals surface area contributed by atoms with Crippen molar-refractivity contribution in [2.24, 2.45) is 5.41 Å². The maximum atomic E-state index is 12.2. The third kappa shape index (κ3) is 3.95. The molecule has 0 aliphatic carbocycles. The van der Waals surface area contributed by atoms with Gasteiger partial charge in [0.1, 0.15) is 5.01 Å². The summed E-state index contributed by atoms with van der Waals surface area (Å²) in [6, 6.07) is 0.192. The average Bonchev–Trinajstić information content (AvgIpc) is 2.73. The zero-order chi connectivity index (χ0) is 13.9. The highest BCUT2D eigenvalue weighted by atomic mass is 35.5. The molecule has 0 saturated heterocycles. The number of hydrogen-bond acceptors (Lipinski definition) is 3. The first-order valence-corrected chi connectivity index (χ1v) is 7.42. The van der Waals surface area contributed by atoms with Gasteiger partial charge >= 0.3 is 0 Å². The summed E-state index contributed by atoms with van der Waals surface area (Å²) in [5, 5.41) is 2.74. The van der Waals surface area contributed by atoms with Crippen molar-refractivity contribution >= 4 is 28.8 Å². The topological polar surface area (TPSA) is 33.2 Å². The van der Waals surface area contributed by atoms with E-state index >= 15 is 0 Å². The van der Waals surface area contributed by atoms with Gasteiger partial charge in [-0.1, -0.05) is 20.8 Å². The molecule has 0 spiro atoms. The van der Waals surface area contributed by atoms with E-state index < -0.39 is 0 Å². The molecule has 1 rings (SSSR count). The van der Waals surface area contributed by atoms with Crippen molar-refractivity contribution in [2.45, 2.75) is 46.0 Å². The number of carbonyl (C=O) groups excluding carboxylic acids is 1. The molecule has 18 heavy (non-hydrogen) atoms. The van der Waals surface area contributed by atoms with Crippen LogP contribution in [0.15, 0.2) is 5.38 Å². The SMILES string of the molecule is CC(N(C)C(=O)Cc1nc(CCl)cs1)C(C)(C)C. The highest BCUT2D eigenvalue weighted by Crippen LogP contribution is 2.23. The molecule has 1 aromatic heterocycles. The van der Waals surface area contributed by atoms with E-state index in [9.17, 15) is 4.79 Å². The minimum Gasteiger partial charge on any atom is -0.342 e. The lowest BCUT2D eigenvalue weighted by atomic mass is 9.87. The number of aromatic nitrogens is 1. The lowest BCUT2D eigenvalue weighted by Crippen LogP contribution is -2.43. The van der Waals surface area contributed by atoms with E-state index in [0.29, 0.717) is 12.3 Å². The minimum absolute atomic E-state index is 0.0780. The normalized spacial score (nSPS) is 13.4. The van der Waals surface area contributed by atoms with Crippen LogP contribution in [0.1, 0.15) is 38.4 Å². The van der Waals surface area contributed by atoms with Crippen LogP contribution in [0.5, 0.6) is 0 Å². The third-order valence-corrected chi connectivity index (χ3v) is 4.44. The molecular formula is C13H21ClN2OS. The Morgan fingerprint density at radius 3 is 2.61 bits per heavy atom. The molecule has 1 atom stereocenters. The van der Waals surface area contributed by atoms with E-state index in [1.54, 1.807) is 0 Å². The molecule has 0 radical (unpaired) electrons. The number of hydrogen-bond donors (Lipinski definition) is 0. The molecule has 1 aromatic rings. The number of amides is 1. The number of halogens is 1. The molecule has 102 valence electrons. The Bertz CT molecular complexity index is 411. The molecule has 0 aliphatic heterocycles. The summed E-state index contributed by atoms with van der Waals surface area (Å²) < 4.78 is 0. The van der Waals surface area contributed by atoms with Crippen molar-refractivity contribution in [3.8, 4) is 0 Å². The second-order valence-electron chi connectivity index (χ2n) is 5.59. The lowest BCUT2D eigenvalue weighted by molar-refractivity contribution is -0.132. The second kappa shape index (κ2) is 6.02. The molecule has 0 bridgehead atoms. The Hall–Kier alpha value is -0.610. The number of nitrogens with zero attached hydrogens (tertiary/aromatic N) is 2. The quantitative estimate of drug-likeness (QED) is 0.796. The van der Waals surface area contributed by atoms with E-state index in [1.165, 1.54) is 11.3 Å². The summed E-state index contributed by atoms with van der Waals surface area (Å²) in [6.07, 6.45) is 0.360. The second-order valence-corrected chi connectivity index (χ2v) is 6.80. The van der Waals surface area contributed by atoms with Gasteiger partial charge in [0.25, 0.3) is 0 Å². The van der Waals surface area contributed by atoms with Gasteiger partial charge in [0, 0.05) is 18.5 Å². The van der Waals surface area contributed by atoms with Gasteiger partial charge in [-0.3, -0.25) is 4.79 Å². The van der Waals surface area contributed by atoms with Gasteiger partial charge < -0.3 is 4.90 Å². The van der Waals surface area contributed by atoms with Crippen LogP contribution >= 0.6 is 22.9 Å². The number of carbonyl (C=O) groups is 1. The molecule has 1 heterocycles. The van der Waals surface area contributed by atoms with Crippen LogP contribution in [0.4, 0.5) is 0 Å². The zero-order valence-electron chi connectivity index (χ0n) is 11.7. The molecule has 1 unspecified atom stereocenters. The molecule has 0 aromatic carbocycles. The van der Waals surface area contributed by atoms with Crippen molar-refractivity contribution in [1.82, 2.24) is 9.88 Å². The average molecular weight is 289 g/mol. The number of thiazole rings is 1. The van der Waals surface area contributed by atoms with Gasteiger partial charge in [-0.25, -0.2) is 4.98 Å². The Balaban J connectivity index is 2.65. The summed E-state index contributed by atoms with van der Waals surface area (Å²) in [4.78, 5) is 18.3. The van der Waals surface area contributed by atoms with E-state index in [2.05, 4.69) is 32.7 Å². The van der Waals surface area contributed by atoms with Crippen LogP contribution in [0.3, 0.4) is 0 Å². The van der Waals surface area contributed by atoms with E-state index in [1.807, 2.05) is 17.3 Å². The molecule has 3 nitrogen and oxygen atoms in total. The highest BCUT2D eigenvalue weighted by Gasteiger charge is 2.27. The third-order valence-electron chi connectivity index (χ3n) is 3.27. The van der Waals surface area contributed by atoms with Gasteiger partial charge in [0.05, 0.1) is 18.0 Å². The predicted molar refractivity (Wildman–Crippen MR) is 77.1 cm³/mol. The summed E-state index contributed by atoms with van der Waals surface area (Å²) >= 11 is 7.19. The number of alkyl halides is 1. The van der Waals surface area contributed by atoms with Crippen LogP contribution < -0.4 is 0 Å². The Morgan fingerprint density at radius 1 is 1.56 bits per heavy atom. The predicted octanol–water partition coefficient (Wildman–Crippen LogP) is 3.32. The molecule has 0 fully saturated rings. The standard InChI is InChI=1S/C13H21ClN2OS/c1-9(13(2,3)4)16(5)12(17)6-11-15-10(7-14)8-18-11/h8-9H,6-7H2,1-5H3. The minimum atomic E-state index is 0.0780. The molecule has 5 heteroatoms. The molecule has 0 saturated carbocycles. The first kappa shape index (κ1) is 15.4. The van der Waals surface area contributed by atoms with E-state index in [4.69, 9.17) is 11.6 Å². The molecule has 0 aliphatic rings. The molecule has 1 amide bonds. The smallest absolute Gasteiger partial charge is 0.229 e. The van der Waals surface area contributed by atoms with Gasteiger partial charge in [0.2, 0.25) is 5.91 Å². The maximum absolute atomic E-state index is 12.2. The van der Waals surface area contributed by atoms with Crippen LogP contribution in [0, 0.1) is 5.41 Å². The Labute approximate surface area is 118 Å². The van der Waals surface area contributed by atoms with E-state index in [0.717, 1.165) is 10.7 Å². The Morgan fingerprint density at radius 2 is 2.17 bits per heavy atom. The summed E-state index contributed by atoms with van der Waals surface area (Å²) in [5.41, 5.74) is 0.921. The van der Waals surface area contributed by atoms with Crippen LogP contribution in [0.2, 0.25) is 0 Å². The molecular weight excluding hydrogens is 268 g/mol. The van der Waals surface area contributed by atoms with Crippen LogP contribution in [-0.2, 0) is 17.1 Å². The first-order valence-electron chi connectivity index (χ1n) is 6.00. The number of likely N-dealkylation sites (N-methyl/N-ethyl adjacent to an activating group) is 1. The van der Waals surface area contributed by atoms with Gasteiger partial charge in [-0.2, -0.15) is 0 Å². The van der Waals surface area contributed by atoms with Crippen molar-refractivity contribution < 1.29 is 4.79 Å². The fraction of sp³-hybridized carbons (Fsp3) is 0.692. The van der Waals surface area contributed by atoms with Crippen molar-refractivity contribution in [2.75, 3.05) is 7.05 Å². The van der Waals surface area contributed by atoms with Crippen LogP contribution in [-0.4, -0.2) is 28.9 Å². The van der Waals surface area contributed by atoms with Crippen molar-refractivity contribution in [3.05, 3.63) is 16.1 Å². The first-order chi connectivity index (χ1) is 8.25. The monoisotopic (exact) mass is 288 g/mol. The fourth-order valence-corrected chi connectivity index (χ4v) is 2.56. The molecule has 0 N–H and O–H groups in total. The largest absolute Gasteiger partial charge is 0.342 e. The summed E-state index contributed by atoms with van der Waals surface area (Å²) in [5.74, 6) is 0.506. The van der Waals surface area contributed by atoms with Gasteiger partial charge in [0.15, 0.2) is 0 Å². The summed E-state index contributed by atoms with van der Waals surface area (Å²) in [7, 11) is 1.86. The Kier molecular flexibility index (Phi) is 5.17. The van der Waals surface area contributed by atoms with Crippen molar-refractivity contribution in [3.63, 3.8) is 0 Å². The van der Waals surface area contributed by atoms with Crippen LogP contribution in [0.25, 0.3) is 0 Å².